The molecule has 0 unspecified atom stereocenters. The van der Waals surface area contributed by atoms with Crippen LogP contribution in [0.25, 0.3) is 10.9 Å². The summed E-state index contributed by atoms with van der Waals surface area (Å²) in [5.41, 5.74) is 0.485. The molecule has 0 radical (unpaired) electrons. The van der Waals surface area contributed by atoms with Crippen LogP contribution in [0.3, 0.4) is 0 Å². The third-order valence-electron chi connectivity index (χ3n) is 2.21. The predicted molar refractivity (Wildman–Crippen MR) is 56.9 cm³/mol. The van der Waals surface area contributed by atoms with Gasteiger partial charge in [-0.2, -0.15) is 0 Å². The van der Waals surface area contributed by atoms with Crippen molar-refractivity contribution in [1.29, 1.82) is 0 Å². The van der Waals surface area contributed by atoms with Crippen molar-refractivity contribution in [2.75, 3.05) is 7.11 Å². The molecular formula is C11H9NO4. The third-order valence-corrected chi connectivity index (χ3v) is 2.21. The average Bonchev–Trinajstić information content (AvgIpc) is 2.26. The van der Waals surface area contributed by atoms with Crippen LogP contribution in [0.1, 0.15) is 10.4 Å². The number of aromatic carboxylic acids is 1. The Hall–Kier alpha value is -2.30. The number of aromatic hydroxyl groups is 1. The van der Waals surface area contributed by atoms with Crippen LogP contribution < -0.4 is 4.74 Å². The quantitative estimate of drug-likeness (QED) is 0.802. The molecule has 1 aromatic heterocycles. The van der Waals surface area contributed by atoms with E-state index in [1.807, 2.05) is 0 Å². The van der Waals surface area contributed by atoms with Gasteiger partial charge in [0.15, 0.2) is 0 Å². The maximum Gasteiger partial charge on any atom is 0.336 e. The zero-order valence-electron chi connectivity index (χ0n) is 8.47. The smallest absolute Gasteiger partial charge is 0.336 e. The number of carboxylic acid groups (broad SMARTS) is 1. The van der Waals surface area contributed by atoms with Gasteiger partial charge in [-0.15, -0.1) is 0 Å². The summed E-state index contributed by atoms with van der Waals surface area (Å²) in [5.74, 6) is -0.823. The molecule has 82 valence electrons. The number of methoxy groups -OCH3 is 1. The van der Waals surface area contributed by atoms with Crippen molar-refractivity contribution in [3.63, 3.8) is 0 Å². The summed E-state index contributed by atoms with van der Waals surface area (Å²) in [7, 11) is 1.41. The van der Waals surface area contributed by atoms with Gasteiger partial charge in [0.25, 0.3) is 0 Å². The standard InChI is InChI=1S/C11H9NO4/c1-16-10-5-8(11(14)15)7-3-2-6(13)4-9(7)12-10/h2-5,13H,1H3,(H,14,15). The number of nitrogens with zero attached hydrogens (tertiary/aromatic N) is 1. The molecule has 0 fully saturated rings. The highest BCUT2D eigenvalue weighted by atomic mass is 16.5. The van der Waals surface area contributed by atoms with E-state index >= 15 is 0 Å². The van der Waals surface area contributed by atoms with E-state index in [4.69, 9.17) is 9.84 Å². The lowest BCUT2D eigenvalue weighted by molar-refractivity contribution is 0.0698. The molecule has 2 rings (SSSR count). The molecule has 5 heteroatoms. The average molecular weight is 219 g/mol. The first-order chi connectivity index (χ1) is 7.61. The molecular weight excluding hydrogens is 210 g/mol. The minimum atomic E-state index is -1.06. The van der Waals surface area contributed by atoms with Crippen molar-refractivity contribution in [3.05, 3.63) is 29.8 Å². The van der Waals surface area contributed by atoms with E-state index in [2.05, 4.69) is 4.98 Å². The van der Waals surface area contributed by atoms with Crippen LogP contribution in [-0.4, -0.2) is 28.3 Å². The molecule has 2 aromatic rings. The van der Waals surface area contributed by atoms with Crippen molar-refractivity contribution in [2.45, 2.75) is 0 Å². The van der Waals surface area contributed by atoms with Gasteiger partial charge in [0.05, 0.1) is 18.2 Å². The van der Waals surface area contributed by atoms with Crippen molar-refractivity contribution in [2.24, 2.45) is 0 Å². The zero-order chi connectivity index (χ0) is 11.7. The molecule has 1 heterocycles. The number of carboxylic acids is 1. The summed E-state index contributed by atoms with van der Waals surface area (Å²) < 4.78 is 4.90. The Morgan fingerprint density at radius 3 is 2.75 bits per heavy atom. The molecule has 0 bridgehead atoms. The summed E-state index contributed by atoms with van der Waals surface area (Å²) >= 11 is 0. The van der Waals surface area contributed by atoms with E-state index in [9.17, 15) is 9.90 Å². The van der Waals surface area contributed by atoms with Gasteiger partial charge in [0.2, 0.25) is 5.88 Å². The van der Waals surface area contributed by atoms with Crippen LogP contribution >= 0.6 is 0 Å². The number of hydrogen-bond donors (Lipinski definition) is 2. The van der Waals surface area contributed by atoms with Crippen LogP contribution in [-0.2, 0) is 0 Å². The Morgan fingerprint density at radius 2 is 2.12 bits per heavy atom. The van der Waals surface area contributed by atoms with E-state index in [1.165, 1.54) is 31.4 Å². The summed E-state index contributed by atoms with van der Waals surface area (Å²) in [5, 5.41) is 18.8. The lowest BCUT2D eigenvalue weighted by atomic mass is 10.1. The van der Waals surface area contributed by atoms with Crippen molar-refractivity contribution < 1.29 is 19.7 Å². The highest BCUT2D eigenvalue weighted by molar-refractivity contribution is 6.03. The molecule has 0 amide bonds. The number of fused-ring (bicyclic) bond motifs is 1. The number of aromatic nitrogens is 1. The fraction of sp³-hybridized carbons (Fsp3) is 0.0909. The third kappa shape index (κ3) is 1.63. The number of benzene rings is 1. The normalized spacial score (nSPS) is 10.3. The second kappa shape index (κ2) is 3.69. The van der Waals surface area contributed by atoms with Crippen molar-refractivity contribution in [3.8, 4) is 11.6 Å². The summed E-state index contributed by atoms with van der Waals surface area (Å²) in [6, 6.07) is 5.68. The Balaban J connectivity index is 2.81. The van der Waals surface area contributed by atoms with E-state index in [0.29, 0.717) is 10.9 Å². The van der Waals surface area contributed by atoms with Crippen molar-refractivity contribution in [1.82, 2.24) is 4.98 Å². The minimum Gasteiger partial charge on any atom is -0.508 e. The molecule has 0 saturated heterocycles. The highest BCUT2D eigenvalue weighted by Crippen LogP contribution is 2.25. The maximum atomic E-state index is 11.0. The summed E-state index contributed by atoms with van der Waals surface area (Å²) in [6.07, 6.45) is 0. The molecule has 1 aromatic carbocycles. The van der Waals surface area contributed by atoms with Gasteiger partial charge in [0.1, 0.15) is 5.75 Å². The largest absolute Gasteiger partial charge is 0.508 e. The van der Waals surface area contributed by atoms with Gasteiger partial charge in [-0.3, -0.25) is 0 Å². The Morgan fingerprint density at radius 1 is 1.38 bits per heavy atom. The van der Waals surface area contributed by atoms with E-state index < -0.39 is 5.97 Å². The number of phenolic OH excluding ortho intramolecular Hbond substituents is 1. The molecule has 0 aliphatic heterocycles. The maximum absolute atomic E-state index is 11.0. The van der Waals surface area contributed by atoms with Gasteiger partial charge < -0.3 is 14.9 Å². The second-order valence-electron chi connectivity index (χ2n) is 3.22. The number of phenols is 1. The first-order valence-electron chi connectivity index (χ1n) is 4.53. The number of carbonyl (C=O) groups is 1. The minimum absolute atomic E-state index is 0.0320. The molecule has 2 N–H and O–H groups in total. The van der Waals surface area contributed by atoms with Crippen LogP contribution in [0, 0.1) is 0 Å². The fourth-order valence-electron chi connectivity index (χ4n) is 1.47. The number of hydrogen-bond acceptors (Lipinski definition) is 4. The fourth-order valence-corrected chi connectivity index (χ4v) is 1.47. The van der Waals surface area contributed by atoms with Gasteiger partial charge in [0, 0.05) is 17.5 Å². The molecule has 16 heavy (non-hydrogen) atoms. The van der Waals surface area contributed by atoms with Gasteiger partial charge in [-0.1, -0.05) is 0 Å². The van der Waals surface area contributed by atoms with E-state index in [-0.39, 0.29) is 17.2 Å². The van der Waals surface area contributed by atoms with E-state index in [0.717, 1.165) is 0 Å². The summed E-state index contributed by atoms with van der Waals surface area (Å²) in [4.78, 5) is 15.1. The van der Waals surface area contributed by atoms with Crippen LogP contribution in [0.5, 0.6) is 11.6 Å². The van der Waals surface area contributed by atoms with E-state index in [1.54, 1.807) is 0 Å². The predicted octanol–water partition coefficient (Wildman–Crippen LogP) is 1.65. The van der Waals surface area contributed by atoms with Gasteiger partial charge in [-0.05, 0) is 12.1 Å². The summed E-state index contributed by atoms with van der Waals surface area (Å²) in [6.45, 7) is 0. The molecule has 0 saturated carbocycles. The molecule has 0 spiro atoms. The van der Waals surface area contributed by atoms with Crippen LogP contribution in [0.15, 0.2) is 24.3 Å². The highest BCUT2D eigenvalue weighted by Gasteiger charge is 2.12. The second-order valence-corrected chi connectivity index (χ2v) is 3.22. The molecule has 0 aliphatic carbocycles. The zero-order valence-corrected chi connectivity index (χ0v) is 8.47. The number of pyridine rings is 1. The SMILES string of the molecule is COc1cc(C(=O)O)c2ccc(O)cc2n1. The molecule has 0 aliphatic rings. The lowest BCUT2D eigenvalue weighted by Gasteiger charge is -2.05. The first kappa shape index (κ1) is 10.2. The van der Waals surface area contributed by atoms with Crippen LogP contribution in [0.2, 0.25) is 0 Å². The number of ether oxygens (including phenoxy) is 1. The first-order valence-corrected chi connectivity index (χ1v) is 4.53. The van der Waals surface area contributed by atoms with Gasteiger partial charge >= 0.3 is 5.97 Å². The monoisotopic (exact) mass is 219 g/mol. The topological polar surface area (TPSA) is 79.7 Å². The lowest BCUT2D eigenvalue weighted by Crippen LogP contribution is -2.00. The van der Waals surface area contributed by atoms with Crippen molar-refractivity contribution >= 4 is 16.9 Å². The number of rotatable bonds is 2. The molecule has 0 atom stereocenters. The Kier molecular flexibility index (Phi) is 2.36. The Labute approximate surface area is 90.9 Å². The Bertz CT molecular complexity index is 565. The van der Waals surface area contributed by atoms with Gasteiger partial charge in [-0.25, -0.2) is 9.78 Å². The molecule has 5 nitrogen and oxygen atoms in total. The van der Waals surface area contributed by atoms with Crippen LogP contribution in [0.4, 0.5) is 0 Å².